The predicted molar refractivity (Wildman–Crippen MR) is 202 cm³/mol. The van der Waals surface area contributed by atoms with Crippen molar-refractivity contribution < 1.29 is 8.83 Å². The summed E-state index contributed by atoms with van der Waals surface area (Å²) in [6.07, 6.45) is 3.63. The highest BCUT2D eigenvalue weighted by Gasteiger charge is 2.20. The average molecular weight is 642 g/mol. The minimum absolute atomic E-state index is 0.653. The second kappa shape index (κ2) is 11.4. The van der Waals surface area contributed by atoms with Crippen LogP contribution >= 0.6 is 0 Å². The molecular weight excluding hydrogens is 615 g/mol. The van der Waals surface area contributed by atoms with Crippen molar-refractivity contribution in [1.82, 2.24) is 15.0 Å². The van der Waals surface area contributed by atoms with Gasteiger partial charge in [-0.2, -0.15) is 0 Å². The van der Waals surface area contributed by atoms with E-state index in [4.69, 9.17) is 18.8 Å². The van der Waals surface area contributed by atoms with E-state index in [1.165, 1.54) is 0 Å². The fourth-order valence-electron chi connectivity index (χ4n) is 6.99. The predicted octanol–water partition coefficient (Wildman–Crippen LogP) is 12.0. The van der Waals surface area contributed by atoms with E-state index in [1.54, 1.807) is 0 Å². The molecule has 234 valence electrons. The number of fused-ring (bicyclic) bond motifs is 6. The molecule has 0 saturated heterocycles. The van der Waals surface area contributed by atoms with E-state index in [1.807, 2.05) is 85.2 Å². The van der Waals surface area contributed by atoms with Gasteiger partial charge in [-0.1, -0.05) is 103 Å². The Hall–Kier alpha value is -6.85. The van der Waals surface area contributed by atoms with Gasteiger partial charge in [-0.15, -0.1) is 0 Å². The molecule has 50 heavy (non-hydrogen) atoms. The Kier molecular flexibility index (Phi) is 6.42. The van der Waals surface area contributed by atoms with Gasteiger partial charge in [0.05, 0.1) is 11.4 Å². The summed E-state index contributed by atoms with van der Waals surface area (Å²) in [5, 5.41) is 4.30. The van der Waals surface area contributed by atoms with Gasteiger partial charge in [0.1, 0.15) is 22.3 Å². The van der Waals surface area contributed by atoms with Gasteiger partial charge in [-0.05, 0) is 70.8 Å². The Morgan fingerprint density at radius 2 is 1.00 bits per heavy atom. The van der Waals surface area contributed by atoms with Crippen LogP contribution in [0.4, 0.5) is 0 Å². The zero-order valence-electron chi connectivity index (χ0n) is 26.7. The second-order valence-corrected chi connectivity index (χ2v) is 12.4. The fourth-order valence-corrected chi connectivity index (χ4v) is 6.99. The molecule has 0 N–H and O–H groups in total. The first-order chi connectivity index (χ1) is 24.8. The molecule has 0 unspecified atom stereocenters. The van der Waals surface area contributed by atoms with Gasteiger partial charge in [0, 0.05) is 50.6 Å². The second-order valence-electron chi connectivity index (χ2n) is 12.4. The standard InChI is InChI=1S/C45H27N3O2/c1-2-8-31(9-3-1)45-47-38(30-16-14-28(15-17-30)29-22-24-46-25-23-29)27-39(48-45)36-21-20-33(43-37-11-5-7-13-41(37)50-44(36)43)32-18-19-35-34-10-4-6-12-40(34)49-42(35)26-32/h1-27H. The molecule has 0 saturated carbocycles. The molecule has 4 aromatic heterocycles. The summed E-state index contributed by atoms with van der Waals surface area (Å²) in [5.74, 6) is 0.653. The van der Waals surface area contributed by atoms with Crippen LogP contribution in [-0.2, 0) is 0 Å². The average Bonchev–Trinajstić information content (AvgIpc) is 3.77. The number of pyridine rings is 1. The van der Waals surface area contributed by atoms with Gasteiger partial charge in [0.15, 0.2) is 5.82 Å². The van der Waals surface area contributed by atoms with Crippen molar-refractivity contribution in [3.8, 4) is 56.2 Å². The third-order valence-electron chi connectivity index (χ3n) is 9.44. The highest BCUT2D eigenvalue weighted by molar-refractivity contribution is 6.17. The zero-order valence-corrected chi connectivity index (χ0v) is 26.7. The summed E-state index contributed by atoms with van der Waals surface area (Å²) in [4.78, 5) is 14.4. The molecule has 0 radical (unpaired) electrons. The molecule has 0 spiro atoms. The monoisotopic (exact) mass is 641 g/mol. The third-order valence-corrected chi connectivity index (χ3v) is 9.44. The van der Waals surface area contributed by atoms with E-state index in [9.17, 15) is 0 Å². The lowest BCUT2D eigenvalue weighted by Crippen LogP contribution is -1.96. The summed E-state index contributed by atoms with van der Waals surface area (Å²) >= 11 is 0. The normalized spacial score (nSPS) is 11.6. The summed E-state index contributed by atoms with van der Waals surface area (Å²) in [6.45, 7) is 0. The van der Waals surface area contributed by atoms with Crippen LogP contribution in [0.25, 0.3) is 100 Å². The Balaban J connectivity index is 1.17. The maximum Gasteiger partial charge on any atom is 0.160 e. The number of benzene rings is 6. The highest BCUT2D eigenvalue weighted by atomic mass is 16.3. The molecule has 0 atom stereocenters. The van der Waals surface area contributed by atoms with Crippen molar-refractivity contribution >= 4 is 43.9 Å². The Bertz CT molecular complexity index is 2850. The topological polar surface area (TPSA) is 65.0 Å². The van der Waals surface area contributed by atoms with Crippen LogP contribution in [0.15, 0.2) is 173 Å². The molecule has 5 heteroatoms. The van der Waals surface area contributed by atoms with E-state index in [-0.39, 0.29) is 0 Å². The Labute approximate surface area is 287 Å². The minimum Gasteiger partial charge on any atom is -0.456 e. The smallest absolute Gasteiger partial charge is 0.160 e. The van der Waals surface area contributed by atoms with Gasteiger partial charge < -0.3 is 8.83 Å². The van der Waals surface area contributed by atoms with Crippen molar-refractivity contribution in [2.75, 3.05) is 0 Å². The third kappa shape index (κ3) is 4.67. The molecule has 0 aliphatic rings. The molecule has 0 aliphatic carbocycles. The van der Waals surface area contributed by atoms with Gasteiger partial charge >= 0.3 is 0 Å². The van der Waals surface area contributed by atoms with Crippen LogP contribution in [0.2, 0.25) is 0 Å². The molecule has 10 rings (SSSR count). The SMILES string of the molecule is c1ccc(-c2nc(-c3ccc(-c4ccncc4)cc3)cc(-c3ccc(-c4ccc5c(c4)oc4ccccc45)c4c3oc3ccccc34)n2)cc1. The minimum atomic E-state index is 0.653. The molecular formula is C45H27N3O2. The molecule has 0 amide bonds. The van der Waals surface area contributed by atoms with Crippen LogP contribution in [0.3, 0.4) is 0 Å². The summed E-state index contributed by atoms with van der Waals surface area (Å²) in [6, 6.07) is 51.8. The summed E-state index contributed by atoms with van der Waals surface area (Å²) in [7, 11) is 0. The molecule has 0 fully saturated rings. The molecule has 10 aromatic rings. The van der Waals surface area contributed by atoms with Crippen LogP contribution in [0, 0.1) is 0 Å². The van der Waals surface area contributed by atoms with Crippen LogP contribution in [-0.4, -0.2) is 15.0 Å². The first-order valence-electron chi connectivity index (χ1n) is 16.6. The van der Waals surface area contributed by atoms with E-state index in [2.05, 4.69) is 83.8 Å². The van der Waals surface area contributed by atoms with Crippen LogP contribution < -0.4 is 0 Å². The number of aromatic nitrogens is 3. The largest absolute Gasteiger partial charge is 0.456 e. The van der Waals surface area contributed by atoms with Crippen molar-refractivity contribution in [2.24, 2.45) is 0 Å². The van der Waals surface area contributed by atoms with Gasteiger partial charge in [0.2, 0.25) is 0 Å². The van der Waals surface area contributed by atoms with Crippen molar-refractivity contribution in [2.45, 2.75) is 0 Å². The van der Waals surface area contributed by atoms with Gasteiger partial charge in [0.25, 0.3) is 0 Å². The first-order valence-corrected chi connectivity index (χ1v) is 16.6. The fraction of sp³-hybridized carbons (Fsp3) is 0. The number of para-hydroxylation sites is 2. The van der Waals surface area contributed by atoms with Crippen molar-refractivity contribution in [3.63, 3.8) is 0 Å². The van der Waals surface area contributed by atoms with Crippen LogP contribution in [0.1, 0.15) is 0 Å². The quantitative estimate of drug-likeness (QED) is 0.187. The number of hydrogen-bond acceptors (Lipinski definition) is 5. The number of hydrogen-bond donors (Lipinski definition) is 0. The summed E-state index contributed by atoms with van der Waals surface area (Å²) in [5.41, 5.74) is 12.2. The first kappa shape index (κ1) is 28.2. The lowest BCUT2D eigenvalue weighted by atomic mass is 9.95. The van der Waals surface area contributed by atoms with Crippen molar-refractivity contribution in [3.05, 3.63) is 164 Å². The number of nitrogens with zero attached hydrogens (tertiary/aromatic N) is 3. The van der Waals surface area contributed by atoms with E-state index in [0.717, 1.165) is 94.2 Å². The molecule has 0 aliphatic heterocycles. The Morgan fingerprint density at radius 3 is 1.82 bits per heavy atom. The van der Waals surface area contributed by atoms with E-state index >= 15 is 0 Å². The van der Waals surface area contributed by atoms with Gasteiger partial charge in [-0.25, -0.2) is 9.97 Å². The number of rotatable bonds is 5. The highest BCUT2D eigenvalue weighted by Crippen LogP contribution is 2.43. The maximum absolute atomic E-state index is 6.70. The molecule has 6 aromatic carbocycles. The van der Waals surface area contributed by atoms with E-state index in [0.29, 0.717) is 5.82 Å². The zero-order chi connectivity index (χ0) is 33.0. The van der Waals surface area contributed by atoms with Gasteiger partial charge in [-0.3, -0.25) is 4.98 Å². The lowest BCUT2D eigenvalue weighted by Gasteiger charge is -2.12. The van der Waals surface area contributed by atoms with E-state index < -0.39 is 0 Å². The van der Waals surface area contributed by atoms with Crippen LogP contribution in [0.5, 0.6) is 0 Å². The maximum atomic E-state index is 6.70. The molecule has 0 bridgehead atoms. The molecule has 4 heterocycles. The van der Waals surface area contributed by atoms with Crippen molar-refractivity contribution in [1.29, 1.82) is 0 Å². The molecule has 5 nitrogen and oxygen atoms in total. The number of furan rings is 2. The summed E-state index contributed by atoms with van der Waals surface area (Å²) < 4.78 is 13.0. The lowest BCUT2D eigenvalue weighted by molar-refractivity contribution is 0.668. The Morgan fingerprint density at radius 1 is 0.380 bits per heavy atom.